The Morgan fingerprint density at radius 2 is 1.74 bits per heavy atom. The number of Topliss-reactive ketones (excluding diaryl/α,β-unsaturated/α-hetero) is 1. The lowest BCUT2D eigenvalue weighted by Gasteiger charge is -2.09. The second-order valence-corrected chi connectivity index (χ2v) is 3.90. The summed E-state index contributed by atoms with van der Waals surface area (Å²) in [5.41, 5.74) is 0.946. The summed E-state index contributed by atoms with van der Waals surface area (Å²) in [5.74, 6) is 0.342. The summed E-state index contributed by atoms with van der Waals surface area (Å²) in [5, 5.41) is 5.21. The Bertz CT molecular complexity index is 597. The fourth-order valence-electron chi connectivity index (χ4n) is 1.61. The van der Waals surface area contributed by atoms with Gasteiger partial charge in [0.2, 0.25) is 0 Å². The van der Waals surface area contributed by atoms with E-state index in [0.29, 0.717) is 17.1 Å². The number of nitrogens with zero attached hydrogens (tertiary/aromatic N) is 1. The highest BCUT2D eigenvalue weighted by atomic mass is 16.2. The number of urea groups is 1. The molecule has 0 saturated carbocycles. The van der Waals surface area contributed by atoms with Crippen molar-refractivity contribution < 1.29 is 9.59 Å². The molecule has 0 unspecified atom stereocenters. The van der Waals surface area contributed by atoms with Gasteiger partial charge in [-0.3, -0.25) is 10.1 Å². The maximum atomic E-state index is 11.8. The minimum Gasteiger partial charge on any atom is -0.307 e. The van der Waals surface area contributed by atoms with Crippen molar-refractivity contribution in [3.8, 4) is 0 Å². The average Bonchev–Trinajstić information content (AvgIpc) is 2.40. The summed E-state index contributed by atoms with van der Waals surface area (Å²) in [7, 11) is 0. The molecule has 19 heavy (non-hydrogen) atoms. The minimum absolute atomic E-state index is 0.103. The first kappa shape index (κ1) is 12.8. The van der Waals surface area contributed by atoms with Crippen LogP contribution in [-0.4, -0.2) is 16.8 Å². The van der Waals surface area contributed by atoms with E-state index < -0.39 is 6.03 Å². The number of amides is 2. The molecular formula is C14H13N3O2. The average molecular weight is 255 g/mol. The van der Waals surface area contributed by atoms with Crippen LogP contribution < -0.4 is 10.6 Å². The number of hydrogen-bond acceptors (Lipinski definition) is 3. The summed E-state index contributed by atoms with van der Waals surface area (Å²) >= 11 is 0. The number of carbonyl (C=O) groups excluding carboxylic acids is 2. The van der Waals surface area contributed by atoms with Crippen LogP contribution in [0.3, 0.4) is 0 Å². The van der Waals surface area contributed by atoms with Crippen LogP contribution in [-0.2, 0) is 0 Å². The number of ketones is 1. The summed E-state index contributed by atoms with van der Waals surface area (Å²) in [6.45, 7) is 1.46. The van der Waals surface area contributed by atoms with E-state index in [0.717, 1.165) is 0 Å². The molecule has 0 atom stereocenters. The second-order valence-electron chi connectivity index (χ2n) is 3.90. The molecule has 5 heteroatoms. The first-order valence-corrected chi connectivity index (χ1v) is 5.76. The van der Waals surface area contributed by atoms with E-state index in [1.165, 1.54) is 6.92 Å². The monoisotopic (exact) mass is 255 g/mol. The van der Waals surface area contributed by atoms with Crippen molar-refractivity contribution in [2.75, 3.05) is 10.6 Å². The van der Waals surface area contributed by atoms with Crippen LogP contribution in [0.4, 0.5) is 16.3 Å². The van der Waals surface area contributed by atoms with Crippen molar-refractivity contribution in [1.82, 2.24) is 4.98 Å². The van der Waals surface area contributed by atoms with Gasteiger partial charge < -0.3 is 5.32 Å². The Balaban J connectivity index is 2.09. The van der Waals surface area contributed by atoms with Crippen molar-refractivity contribution in [2.24, 2.45) is 0 Å². The number of pyridine rings is 1. The molecule has 0 radical (unpaired) electrons. The van der Waals surface area contributed by atoms with Crippen molar-refractivity contribution >= 4 is 23.3 Å². The fourth-order valence-corrected chi connectivity index (χ4v) is 1.61. The molecule has 0 saturated heterocycles. The number of nitrogens with one attached hydrogen (secondary N) is 2. The van der Waals surface area contributed by atoms with Crippen LogP contribution in [0.25, 0.3) is 0 Å². The molecule has 0 aliphatic rings. The second kappa shape index (κ2) is 5.77. The molecule has 0 fully saturated rings. The number of para-hydroxylation sites is 1. The zero-order chi connectivity index (χ0) is 13.7. The molecule has 1 heterocycles. The number of benzene rings is 1. The Morgan fingerprint density at radius 1 is 1.00 bits per heavy atom. The Morgan fingerprint density at radius 3 is 2.42 bits per heavy atom. The van der Waals surface area contributed by atoms with E-state index in [4.69, 9.17) is 0 Å². The van der Waals surface area contributed by atoms with E-state index in [1.54, 1.807) is 48.7 Å². The standard InChI is InChI=1S/C14H13N3O2/c1-10(18)11-6-2-3-7-12(11)16-14(19)17-13-8-4-5-9-15-13/h2-9H,1H3,(H2,15,16,17,19). The molecule has 0 bridgehead atoms. The first-order chi connectivity index (χ1) is 9.16. The highest BCUT2D eigenvalue weighted by Gasteiger charge is 2.09. The smallest absolute Gasteiger partial charge is 0.307 e. The lowest BCUT2D eigenvalue weighted by Crippen LogP contribution is -2.21. The summed E-state index contributed by atoms with van der Waals surface area (Å²) in [6.07, 6.45) is 1.58. The number of anilines is 2. The third-order valence-corrected chi connectivity index (χ3v) is 2.46. The molecule has 2 N–H and O–H groups in total. The van der Waals surface area contributed by atoms with Crippen LogP contribution >= 0.6 is 0 Å². The van der Waals surface area contributed by atoms with Gasteiger partial charge in [-0.25, -0.2) is 9.78 Å². The quantitative estimate of drug-likeness (QED) is 0.828. The predicted molar refractivity (Wildman–Crippen MR) is 73.3 cm³/mol. The lowest BCUT2D eigenvalue weighted by atomic mass is 10.1. The van der Waals surface area contributed by atoms with E-state index in [9.17, 15) is 9.59 Å². The van der Waals surface area contributed by atoms with E-state index in [2.05, 4.69) is 15.6 Å². The van der Waals surface area contributed by atoms with Crippen LogP contribution in [0.1, 0.15) is 17.3 Å². The molecule has 96 valence electrons. The van der Waals surface area contributed by atoms with Gasteiger partial charge in [-0.1, -0.05) is 18.2 Å². The van der Waals surface area contributed by atoms with E-state index in [1.807, 2.05) is 0 Å². The molecule has 1 aromatic carbocycles. The molecule has 0 spiro atoms. The van der Waals surface area contributed by atoms with Gasteiger partial charge in [0.15, 0.2) is 5.78 Å². The SMILES string of the molecule is CC(=O)c1ccccc1NC(=O)Nc1ccccn1. The normalized spacial score (nSPS) is 9.74. The van der Waals surface area contributed by atoms with Crippen LogP contribution in [0.5, 0.6) is 0 Å². The predicted octanol–water partition coefficient (Wildman–Crippen LogP) is 2.93. The van der Waals surface area contributed by atoms with Crippen molar-refractivity contribution in [2.45, 2.75) is 6.92 Å². The number of aromatic nitrogens is 1. The maximum absolute atomic E-state index is 11.8. The highest BCUT2D eigenvalue weighted by Crippen LogP contribution is 2.15. The molecule has 0 aliphatic heterocycles. The number of carbonyl (C=O) groups is 2. The van der Waals surface area contributed by atoms with Gasteiger partial charge in [0, 0.05) is 11.8 Å². The molecule has 2 aromatic rings. The molecule has 5 nitrogen and oxygen atoms in total. The summed E-state index contributed by atoms with van der Waals surface area (Å²) in [6, 6.07) is 11.6. The molecule has 1 aromatic heterocycles. The van der Waals surface area contributed by atoms with Gasteiger partial charge in [-0.05, 0) is 31.2 Å². The molecule has 0 aliphatic carbocycles. The topological polar surface area (TPSA) is 71.1 Å². The third kappa shape index (κ3) is 3.38. The fraction of sp³-hybridized carbons (Fsp3) is 0.0714. The Hall–Kier alpha value is -2.69. The van der Waals surface area contributed by atoms with Crippen LogP contribution in [0, 0.1) is 0 Å². The van der Waals surface area contributed by atoms with E-state index in [-0.39, 0.29) is 5.78 Å². The van der Waals surface area contributed by atoms with Gasteiger partial charge in [0.25, 0.3) is 0 Å². The van der Waals surface area contributed by atoms with Crippen molar-refractivity contribution in [1.29, 1.82) is 0 Å². The largest absolute Gasteiger partial charge is 0.324 e. The minimum atomic E-state index is -0.438. The van der Waals surface area contributed by atoms with Gasteiger partial charge in [0.05, 0.1) is 5.69 Å². The molecule has 2 amide bonds. The Labute approximate surface area is 110 Å². The molecule has 2 rings (SSSR count). The highest BCUT2D eigenvalue weighted by molar-refractivity contribution is 6.06. The third-order valence-electron chi connectivity index (χ3n) is 2.46. The van der Waals surface area contributed by atoms with E-state index >= 15 is 0 Å². The Kier molecular flexibility index (Phi) is 3.87. The number of hydrogen-bond donors (Lipinski definition) is 2. The van der Waals surface area contributed by atoms with Crippen LogP contribution in [0.15, 0.2) is 48.7 Å². The van der Waals surface area contributed by atoms with Gasteiger partial charge in [-0.15, -0.1) is 0 Å². The van der Waals surface area contributed by atoms with Gasteiger partial charge in [-0.2, -0.15) is 0 Å². The lowest BCUT2D eigenvalue weighted by molar-refractivity contribution is 0.101. The van der Waals surface area contributed by atoms with Gasteiger partial charge >= 0.3 is 6.03 Å². The summed E-state index contributed by atoms with van der Waals surface area (Å²) in [4.78, 5) is 27.2. The number of rotatable bonds is 3. The van der Waals surface area contributed by atoms with Crippen molar-refractivity contribution in [3.05, 3.63) is 54.2 Å². The van der Waals surface area contributed by atoms with Crippen molar-refractivity contribution in [3.63, 3.8) is 0 Å². The molecular weight excluding hydrogens is 242 g/mol. The summed E-state index contributed by atoms with van der Waals surface area (Å²) < 4.78 is 0. The van der Waals surface area contributed by atoms with Gasteiger partial charge in [0.1, 0.15) is 5.82 Å². The maximum Gasteiger partial charge on any atom is 0.324 e. The van der Waals surface area contributed by atoms with Crippen LogP contribution in [0.2, 0.25) is 0 Å². The zero-order valence-corrected chi connectivity index (χ0v) is 10.4. The first-order valence-electron chi connectivity index (χ1n) is 5.76. The zero-order valence-electron chi connectivity index (χ0n) is 10.4.